The molecule has 2 N–H and O–H groups in total. The minimum absolute atomic E-state index is 0.0389. The molecule has 0 aliphatic rings. The Balaban J connectivity index is 2.31. The number of rotatable bonds is 3. The van der Waals surface area contributed by atoms with Crippen molar-refractivity contribution >= 4 is 40.8 Å². The van der Waals surface area contributed by atoms with Gasteiger partial charge in [-0.2, -0.15) is 0 Å². The number of nitrogens with one attached hydrogen (secondary N) is 1. The Morgan fingerprint density at radius 1 is 1.05 bits per heavy atom. The normalized spacial score (nSPS) is 10.2. The Morgan fingerprint density at radius 2 is 1.76 bits per heavy atom. The van der Waals surface area contributed by atoms with Crippen LogP contribution in [0.25, 0.3) is 0 Å². The van der Waals surface area contributed by atoms with E-state index >= 15 is 0 Å². The molecule has 0 aliphatic heterocycles. The maximum atomic E-state index is 12.2. The van der Waals surface area contributed by atoms with Crippen LogP contribution < -0.4 is 5.32 Å². The molecular weight excluding hydrogens is 313 g/mol. The van der Waals surface area contributed by atoms with Crippen molar-refractivity contribution in [2.24, 2.45) is 0 Å². The maximum Gasteiger partial charge on any atom is 0.335 e. The molecule has 21 heavy (non-hydrogen) atoms. The van der Waals surface area contributed by atoms with E-state index < -0.39 is 11.9 Å². The standard InChI is InChI=1S/C15H11Cl2NO3/c1-8-4-10(6-11(16)5-8)14(19)18-13-7-9(15(20)21)2-3-12(13)17/h2-7H,1H3,(H,18,19)(H,20,21). The lowest BCUT2D eigenvalue weighted by molar-refractivity contribution is 0.0696. The first-order chi connectivity index (χ1) is 9.86. The Hall–Kier alpha value is -2.04. The number of halogens is 2. The molecule has 0 radical (unpaired) electrons. The smallest absolute Gasteiger partial charge is 0.335 e. The van der Waals surface area contributed by atoms with E-state index in [1.807, 2.05) is 6.92 Å². The first-order valence-electron chi connectivity index (χ1n) is 5.98. The molecule has 2 aromatic carbocycles. The fourth-order valence-corrected chi connectivity index (χ4v) is 2.27. The van der Waals surface area contributed by atoms with Crippen molar-refractivity contribution in [1.29, 1.82) is 0 Å². The summed E-state index contributed by atoms with van der Waals surface area (Å²) >= 11 is 11.9. The second-order valence-electron chi connectivity index (χ2n) is 4.47. The van der Waals surface area contributed by atoms with Gasteiger partial charge in [0, 0.05) is 10.6 Å². The Labute approximate surface area is 131 Å². The largest absolute Gasteiger partial charge is 0.478 e. The number of amides is 1. The average molecular weight is 324 g/mol. The summed E-state index contributed by atoms with van der Waals surface area (Å²) in [7, 11) is 0. The van der Waals surface area contributed by atoms with Crippen molar-refractivity contribution in [3.63, 3.8) is 0 Å². The SMILES string of the molecule is Cc1cc(Cl)cc(C(=O)Nc2cc(C(=O)O)ccc2Cl)c1. The zero-order valence-corrected chi connectivity index (χ0v) is 12.5. The highest BCUT2D eigenvalue weighted by molar-refractivity contribution is 6.34. The number of aromatic carboxylic acids is 1. The van der Waals surface area contributed by atoms with Gasteiger partial charge in [0.25, 0.3) is 5.91 Å². The molecule has 0 fully saturated rings. The second-order valence-corrected chi connectivity index (χ2v) is 5.31. The number of carbonyl (C=O) groups excluding carboxylic acids is 1. The van der Waals surface area contributed by atoms with Gasteiger partial charge >= 0.3 is 5.97 Å². The number of aryl methyl sites for hydroxylation is 1. The van der Waals surface area contributed by atoms with Gasteiger partial charge in [0.1, 0.15) is 0 Å². The van der Waals surface area contributed by atoms with Gasteiger partial charge in [0.15, 0.2) is 0 Å². The number of benzene rings is 2. The minimum Gasteiger partial charge on any atom is -0.478 e. The summed E-state index contributed by atoms with van der Waals surface area (Å²) in [6.07, 6.45) is 0. The van der Waals surface area contributed by atoms with Crippen LogP contribution in [0.4, 0.5) is 5.69 Å². The van der Waals surface area contributed by atoms with Gasteiger partial charge in [-0.1, -0.05) is 23.2 Å². The third kappa shape index (κ3) is 3.74. The predicted molar refractivity (Wildman–Crippen MR) is 82.6 cm³/mol. The zero-order chi connectivity index (χ0) is 15.6. The monoisotopic (exact) mass is 323 g/mol. The van der Waals surface area contributed by atoms with Crippen LogP contribution in [0.1, 0.15) is 26.3 Å². The predicted octanol–water partition coefficient (Wildman–Crippen LogP) is 4.25. The van der Waals surface area contributed by atoms with Crippen LogP contribution in [-0.4, -0.2) is 17.0 Å². The van der Waals surface area contributed by atoms with E-state index in [4.69, 9.17) is 28.3 Å². The van der Waals surface area contributed by atoms with Crippen LogP contribution in [0.2, 0.25) is 10.0 Å². The molecule has 0 heterocycles. The molecule has 0 saturated carbocycles. The molecule has 0 atom stereocenters. The summed E-state index contributed by atoms with van der Waals surface area (Å²) in [5.74, 6) is -1.51. The maximum absolute atomic E-state index is 12.2. The van der Waals surface area contributed by atoms with E-state index in [1.54, 1.807) is 12.1 Å². The van der Waals surface area contributed by atoms with Gasteiger partial charge in [0.05, 0.1) is 16.3 Å². The number of hydrogen-bond acceptors (Lipinski definition) is 2. The fraction of sp³-hybridized carbons (Fsp3) is 0.0667. The number of carbonyl (C=O) groups is 2. The number of carboxylic acid groups (broad SMARTS) is 1. The van der Waals surface area contributed by atoms with Crippen LogP contribution >= 0.6 is 23.2 Å². The first kappa shape index (κ1) is 15.4. The highest BCUT2D eigenvalue weighted by Crippen LogP contribution is 2.24. The lowest BCUT2D eigenvalue weighted by Gasteiger charge is -2.09. The summed E-state index contributed by atoms with van der Waals surface area (Å²) < 4.78 is 0. The first-order valence-corrected chi connectivity index (χ1v) is 6.74. The molecule has 0 spiro atoms. The molecule has 108 valence electrons. The van der Waals surface area contributed by atoms with E-state index in [1.165, 1.54) is 24.3 Å². The van der Waals surface area contributed by atoms with E-state index in [0.717, 1.165) is 5.56 Å². The zero-order valence-electron chi connectivity index (χ0n) is 11.0. The van der Waals surface area contributed by atoms with Crippen molar-refractivity contribution in [3.8, 4) is 0 Å². The molecule has 0 unspecified atom stereocenters. The Bertz CT molecular complexity index is 709. The highest BCUT2D eigenvalue weighted by Gasteiger charge is 2.12. The van der Waals surface area contributed by atoms with Gasteiger partial charge in [-0.3, -0.25) is 4.79 Å². The lowest BCUT2D eigenvalue weighted by atomic mass is 10.1. The minimum atomic E-state index is -1.10. The molecule has 6 heteroatoms. The van der Waals surface area contributed by atoms with E-state index in [0.29, 0.717) is 10.6 Å². The number of carboxylic acids is 1. The molecule has 0 aromatic heterocycles. The molecule has 0 aliphatic carbocycles. The molecule has 0 bridgehead atoms. The van der Waals surface area contributed by atoms with E-state index in [-0.39, 0.29) is 16.3 Å². The van der Waals surface area contributed by atoms with Crippen molar-refractivity contribution < 1.29 is 14.7 Å². The molecule has 0 saturated heterocycles. The summed E-state index contributed by atoms with van der Waals surface area (Å²) in [6, 6.07) is 9.03. The third-order valence-electron chi connectivity index (χ3n) is 2.77. The van der Waals surface area contributed by atoms with Gasteiger partial charge < -0.3 is 10.4 Å². The molecule has 2 aromatic rings. The summed E-state index contributed by atoms with van der Waals surface area (Å²) in [4.78, 5) is 23.1. The van der Waals surface area contributed by atoms with Crippen LogP contribution in [0, 0.1) is 6.92 Å². The Kier molecular flexibility index (Phi) is 4.50. The third-order valence-corrected chi connectivity index (χ3v) is 3.31. The number of anilines is 1. The highest BCUT2D eigenvalue weighted by atomic mass is 35.5. The average Bonchev–Trinajstić information content (AvgIpc) is 2.39. The fourth-order valence-electron chi connectivity index (χ4n) is 1.82. The molecule has 1 amide bonds. The van der Waals surface area contributed by atoms with Crippen LogP contribution in [0.3, 0.4) is 0 Å². The van der Waals surface area contributed by atoms with Crippen molar-refractivity contribution in [2.75, 3.05) is 5.32 Å². The van der Waals surface area contributed by atoms with E-state index in [9.17, 15) is 9.59 Å². The van der Waals surface area contributed by atoms with Crippen molar-refractivity contribution in [3.05, 3.63) is 63.1 Å². The Morgan fingerprint density at radius 3 is 2.38 bits per heavy atom. The van der Waals surface area contributed by atoms with Gasteiger partial charge in [-0.25, -0.2) is 4.79 Å². The van der Waals surface area contributed by atoms with Crippen LogP contribution in [0.5, 0.6) is 0 Å². The van der Waals surface area contributed by atoms with Crippen LogP contribution in [0.15, 0.2) is 36.4 Å². The summed E-state index contributed by atoms with van der Waals surface area (Å²) in [5.41, 5.74) is 1.49. The second kappa shape index (κ2) is 6.16. The quantitative estimate of drug-likeness (QED) is 0.887. The summed E-state index contributed by atoms with van der Waals surface area (Å²) in [5, 5.41) is 12.2. The molecule has 4 nitrogen and oxygen atoms in total. The molecular formula is C15H11Cl2NO3. The summed E-state index contributed by atoms with van der Waals surface area (Å²) in [6.45, 7) is 1.82. The van der Waals surface area contributed by atoms with Crippen molar-refractivity contribution in [1.82, 2.24) is 0 Å². The molecule has 2 rings (SSSR count). The van der Waals surface area contributed by atoms with Crippen LogP contribution in [-0.2, 0) is 0 Å². The van der Waals surface area contributed by atoms with Gasteiger partial charge in [0.2, 0.25) is 0 Å². The van der Waals surface area contributed by atoms with Gasteiger partial charge in [-0.15, -0.1) is 0 Å². The van der Waals surface area contributed by atoms with Gasteiger partial charge in [-0.05, 0) is 48.9 Å². The lowest BCUT2D eigenvalue weighted by Crippen LogP contribution is -2.13. The topological polar surface area (TPSA) is 66.4 Å². The number of hydrogen-bond donors (Lipinski definition) is 2. The van der Waals surface area contributed by atoms with Crippen molar-refractivity contribution in [2.45, 2.75) is 6.92 Å². The van der Waals surface area contributed by atoms with E-state index in [2.05, 4.69) is 5.32 Å².